The van der Waals surface area contributed by atoms with Crippen molar-refractivity contribution in [2.45, 2.75) is 25.8 Å². The standard InChI is InChI=1S/C15H18F2N2O/c1-2-15(9-16)10-18-7-6-13(19(18)14(15)20)11-4-3-5-12(17)8-11/h3-5,8,13H,2,6-7,9-10H2,1H3/t13-,15?/m0/s1. The zero-order chi connectivity index (χ0) is 14.3. The number of fused-ring (bicyclic) bond motifs is 1. The van der Waals surface area contributed by atoms with E-state index in [-0.39, 0.29) is 17.8 Å². The average Bonchev–Trinajstić information content (AvgIpc) is 2.98. The Kier molecular flexibility index (Phi) is 3.24. The summed E-state index contributed by atoms with van der Waals surface area (Å²) in [6.45, 7) is 2.36. The highest BCUT2D eigenvalue weighted by molar-refractivity contribution is 5.85. The highest BCUT2D eigenvalue weighted by atomic mass is 19.1. The Bertz CT molecular complexity index is 530. The number of rotatable bonds is 3. The first-order chi connectivity index (χ1) is 9.61. The second kappa shape index (κ2) is 4.81. The van der Waals surface area contributed by atoms with Crippen LogP contribution in [0.4, 0.5) is 8.78 Å². The van der Waals surface area contributed by atoms with Crippen molar-refractivity contribution in [3.63, 3.8) is 0 Å². The van der Waals surface area contributed by atoms with E-state index in [0.29, 0.717) is 19.5 Å². The van der Waals surface area contributed by atoms with Crippen molar-refractivity contribution in [1.29, 1.82) is 0 Å². The van der Waals surface area contributed by atoms with E-state index >= 15 is 0 Å². The number of amides is 1. The van der Waals surface area contributed by atoms with Crippen molar-refractivity contribution >= 4 is 5.91 Å². The predicted octanol–water partition coefficient (Wildman–Crippen LogP) is 2.70. The number of alkyl halides is 1. The lowest BCUT2D eigenvalue weighted by Gasteiger charge is -2.26. The number of carbonyl (C=O) groups excluding carboxylic acids is 1. The fourth-order valence-corrected chi connectivity index (χ4v) is 3.26. The highest BCUT2D eigenvalue weighted by Crippen LogP contribution is 2.44. The van der Waals surface area contributed by atoms with E-state index in [2.05, 4.69) is 0 Å². The lowest BCUT2D eigenvalue weighted by molar-refractivity contribution is -0.143. The van der Waals surface area contributed by atoms with Crippen LogP contribution in [0.2, 0.25) is 0 Å². The number of nitrogens with zero attached hydrogens (tertiary/aromatic N) is 2. The first-order valence-electron chi connectivity index (χ1n) is 7.01. The van der Waals surface area contributed by atoms with Crippen LogP contribution < -0.4 is 0 Å². The van der Waals surface area contributed by atoms with Gasteiger partial charge in [-0.1, -0.05) is 19.1 Å². The molecule has 1 aromatic rings. The van der Waals surface area contributed by atoms with Crippen LogP contribution in [0.1, 0.15) is 31.4 Å². The Morgan fingerprint density at radius 3 is 2.90 bits per heavy atom. The van der Waals surface area contributed by atoms with Crippen LogP contribution >= 0.6 is 0 Å². The molecule has 1 amide bonds. The summed E-state index contributed by atoms with van der Waals surface area (Å²) in [4.78, 5) is 12.6. The number of benzene rings is 1. The van der Waals surface area contributed by atoms with Gasteiger partial charge in [0.05, 0.1) is 11.5 Å². The summed E-state index contributed by atoms with van der Waals surface area (Å²) in [6.07, 6.45) is 1.26. The van der Waals surface area contributed by atoms with Crippen molar-refractivity contribution in [3.05, 3.63) is 35.6 Å². The summed E-state index contributed by atoms with van der Waals surface area (Å²) in [7, 11) is 0. The summed E-state index contributed by atoms with van der Waals surface area (Å²) >= 11 is 0. The third-order valence-electron chi connectivity index (χ3n) is 4.57. The Labute approximate surface area is 117 Å². The van der Waals surface area contributed by atoms with Gasteiger partial charge in [-0.3, -0.25) is 9.80 Å². The summed E-state index contributed by atoms with van der Waals surface area (Å²) in [6, 6.07) is 6.16. The normalized spacial score (nSPS) is 30.1. The van der Waals surface area contributed by atoms with Crippen molar-refractivity contribution < 1.29 is 13.6 Å². The summed E-state index contributed by atoms with van der Waals surface area (Å²) in [5.74, 6) is -0.464. The number of hydrogen-bond donors (Lipinski definition) is 0. The van der Waals surface area contributed by atoms with E-state index in [9.17, 15) is 13.6 Å². The van der Waals surface area contributed by atoms with E-state index in [1.54, 1.807) is 11.1 Å². The molecule has 0 saturated carbocycles. The summed E-state index contributed by atoms with van der Waals surface area (Å²) in [5.41, 5.74) is -0.127. The minimum absolute atomic E-state index is 0.158. The molecule has 2 heterocycles. The average molecular weight is 280 g/mol. The smallest absolute Gasteiger partial charge is 0.247 e. The fourth-order valence-electron chi connectivity index (χ4n) is 3.26. The van der Waals surface area contributed by atoms with Gasteiger partial charge in [-0.05, 0) is 30.5 Å². The second-order valence-electron chi connectivity index (χ2n) is 5.66. The quantitative estimate of drug-likeness (QED) is 0.850. The van der Waals surface area contributed by atoms with Gasteiger partial charge in [0.1, 0.15) is 12.5 Å². The molecule has 0 N–H and O–H groups in total. The van der Waals surface area contributed by atoms with Gasteiger partial charge in [0.2, 0.25) is 5.91 Å². The number of hydrazine groups is 1. The molecule has 108 valence electrons. The lowest BCUT2D eigenvalue weighted by atomic mass is 9.86. The molecule has 0 bridgehead atoms. The molecular weight excluding hydrogens is 262 g/mol. The van der Waals surface area contributed by atoms with Gasteiger partial charge < -0.3 is 0 Å². The molecule has 20 heavy (non-hydrogen) atoms. The minimum atomic E-state index is -0.911. The zero-order valence-electron chi connectivity index (χ0n) is 11.5. The molecule has 0 spiro atoms. The Hall–Kier alpha value is -1.49. The van der Waals surface area contributed by atoms with Crippen molar-refractivity contribution in [2.75, 3.05) is 19.8 Å². The van der Waals surface area contributed by atoms with Crippen molar-refractivity contribution in [3.8, 4) is 0 Å². The third kappa shape index (κ3) is 1.84. The van der Waals surface area contributed by atoms with Gasteiger partial charge in [0.25, 0.3) is 0 Å². The highest BCUT2D eigenvalue weighted by Gasteiger charge is 2.54. The molecule has 2 aliphatic heterocycles. The van der Waals surface area contributed by atoms with Crippen LogP contribution in [0.3, 0.4) is 0 Å². The van der Waals surface area contributed by atoms with Crippen molar-refractivity contribution in [1.82, 2.24) is 10.0 Å². The molecule has 2 fully saturated rings. The largest absolute Gasteiger partial charge is 0.273 e. The number of hydrogen-bond acceptors (Lipinski definition) is 2. The van der Waals surface area contributed by atoms with Gasteiger partial charge >= 0.3 is 0 Å². The van der Waals surface area contributed by atoms with E-state index in [0.717, 1.165) is 12.0 Å². The van der Waals surface area contributed by atoms with E-state index in [1.165, 1.54) is 12.1 Å². The van der Waals surface area contributed by atoms with Crippen LogP contribution in [-0.4, -0.2) is 35.7 Å². The van der Waals surface area contributed by atoms with Crippen LogP contribution in [0.5, 0.6) is 0 Å². The molecule has 1 unspecified atom stereocenters. The van der Waals surface area contributed by atoms with Crippen LogP contribution in [0.25, 0.3) is 0 Å². The maximum absolute atomic E-state index is 13.4. The first-order valence-corrected chi connectivity index (χ1v) is 7.01. The SMILES string of the molecule is CCC1(CF)CN2CC[C@@H](c3cccc(F)c3)N2C1=O. The van der Waals surface area contributed by atoms with Gasteiger partial charge in [-0.15, -0.1) is 0 Å². The molecule has 5 heteroatoms. The molecular formula is C15H18F2N2O. The van der Waals surface area contributed by atoms with Crippen LogP contribution in [0.15, 0.2) is 24.3 Å². The number of carbonyl (C=O) groups is 1. The maximum atomic E-state index is 13.4. The molecule has 2 atom stereocenters. The topological polar surface area (TPSA) is 23.6 Å². The zero-order valence-corrected chi connectivity index (χ0v) is 11.5. The van der Waals surface area contributed by atoms with Gasteiger partial charge in [-0.25, -0.2) is 13.8 Å². The lowest BCUT2D eigenvalue weighted by Crippen LogP contribution is -2.38. The molecule has 0 radical (unpaired) electrons. The molecule has 3 nitrogen and oxygen atoms in total. The summed E-state index contributed by atoms with van der Waals surface area (Å²) in [5, 5.41) is 3.57. The third-order valence-corrected chi connectivity index (χ3v) is 4.57. The molecule has 0 aliphatic carbocycles. The van der Waals surface area contributed by atoms with Crippen LogP contribution in [-0.2, 0) is 4.79 Å². The first kappa shape index (κ1) is 13.5. The van der Waals surface area contributed by atoms with Crippen molar-refractivity contribution in [2.24, 2.45) is 5.41 Å². The van der Waals surface area contributed by atoms with E-state index in [4.69, 9.17) is 0 Å². The second-order valence-corrected chi connectivity index (χ2v) is 5.66. The summed E-state index contributed by atoms with van der Waals surface area (Å²) < 4.78 is 26.7. The predicted molar refractivity (Wildman–Crippen MR) is 70.9 cm³/mol. The van der Waals surface area contributed by atoms with E-state index in [1.807, 2.05) is 18.0 Å². The van der Waals surface area contributed by atoms with Crippen LogP contribution in [0, 0.1) is 11.2 Å². The van der Waals surface area contributed by atoms with Gasteiger partial charge in [0.15, 0.2) is 0 Å². The molecule has 0 aromatic heterocycles. The molecule has 1 aromatic carbocycles. The molecule has 3 rings (SSSR count). The molecule has 2 aliphatic rings. The fraction of sp³-hybridized carbons (Fsp3) is 0.533. The minimum Gasteiger partial charge on any atom is -0.273 e. The number of halogens is 2. The Morgan fingerprint density at radius 1 is 1.45 bits per heavy atom. The Morgan fingerprint density at radius 2 is 2.25 bits per heavy atom. The van der Waals surface area contributed by atoms with Gasteiger partial charge in [0, 0.05) is 13.1 Å². The monoisotopic (exact) mass is 280 g/mol. The van der Waals surface area contributed by atoms with E-state index < -0.39 is 12.1 Å². The maximum Gasteiger partial charge on any atom is 0.247 e. The molecule has 2 saturated heterocycles. The Balaban J connectivity index is 1.92. The van der Waals surface area contributed by atoms with Gasteiger partial charge in [-0.2, -0.15) is 0 Å².